The highest BCUT2D eigenvalue weighted by molar-refractivity contribution is 5.72. The fourth-order valence-corrected chi connectivity index (χ4v) is 0.925. The van der Waals surface area contributed by atoms with Crippen LogP contribution < -0.4 is 0 Å². The maximum absolute atomic E-state index is 11.8. The number of rotatable bonds is 4. The molecular weight excluding hydrogens is 267 g/mol. The lowest BCUT2D eigenvalue weighted by atomic mass is 10.2. The van der Waals surface area contributed by atoms with Crippen LogP contribution in [-0.2, 0) is 14.3 Å². The molecule has 0 atom stereocenters. The Balaban J connectivity index is 3.99. The smallest absolute Gasteiger partial charge is 0.422 e. The maximum atomic E-state index is 11.8. The Morgan fingerprint density at radius 2 is 1.68 bits per heavy atom. The number of amides is 1. The SMILES string of the molecule is CN(CCC(=O)OCC(F)(F)F)C(=O)OC(C)(C)C. The van der Waals surface area contributed by atoms with E-state index in [4.69, 9.17) is 4.74 Å². The molecule has 0 aromatic rings. The fourth-order valence-electron chi connectivity index (χ4n) is 0.925. The Kier molecular flexibility index (Phi) is 6.11. The third-order valence-electron chi connectivity index (χ3n) is 1.75. The normalized spacial score (nSPS) is 11.9. The van der Waals surface area contributed by atoms with Gasteiger partial charge in [0.25, 0.3) is 0 Å². The van der Waals surface area contributed by atoms with Gasteiger partial charge in [-0.25, -0.2) is 4.79 Å². The van der Waals surface area contributed by atoms with Crippen LogP contribution in [0, 0.1) is 0 Å². The van der Waals surface area contributed by atoms with Crippen molar-refractivity contribution in [3.63, 3.8) is 0 Å². The minimum Gasteiger partial charge on any atom is -0.456 e. The number of carbonyl (C=O) groups is 2. The summed E-state index contributed by atoms with van der Waals surface area (Å²) in [6, 6.07) is 0. The van der Waals surface area contributed by atoms with Crippen LogP contribution in [0.2, 0.25) is 0 Å². The highest BCUT2D eigenvalue weighted by atomic mass is 19.4. The second-order valence-corrected chi connectivity index (χ2v) is 4.93. The van der Waals surface area contributed by atoms with E-state index in [2.05, 4.69) is 4.74 Å². The zero-order valence-electron chi connectivity index (χ0n) is 11.3. The van der Waals surface area contributed by atoms with Crippen LogP contribution in [-0.4, -0.2) is 48.9 Å². The van der Waals surface area contributed by atoms with Gasteiger partial charge in [-0.05, 0) is 20.8 Å². The molecule has 0 fully saturated rings. The number of hydrogen-bond donors (Lipinski definition) is 0. The van der Waals surface area contributed by atoms with E-state index in [9.17, 15) is 22.8 Å². The largest absolute Gasteiger partial charge is 0.456 e. The topological polar surface area (TPSA) is 55.8 Å². The van der Waals surface area contributed by atoms with Crippen LogP contribution in [0.4, 0.5) is 18.0 Å². The highest BCUT2D eigenvalue weighted by Crippen LogP contribution is 2.15. The summed E-state index contributed by atoms with van der Waals surface area (Å²) < 4.78 is 44.3. The van der Waals surface area contributed by atoms with E-state index in [1.165, 1.54) is 7.05 Å². The number of ether oxygens (including phenoxy) is 2. The van der Waals surface area contributed by atoms with Crippen molar-refractivity contribution in [3.05, 3.63) is 0 Å². The summed E-state index contributed by atoms with van der Waals surface area (Å²) in [5, 5.41) is 0. The Morgan fingerprint density at radius 3 is 2.11 bits per heavy atom. The van der Waals surface area contributed by atoms with E-state index in [0.717, 1.165) is 4.90 Å². The summed E-state index contributed by atoms with van der Waals surface area (Å²) in [4.78, 5) is 23.6. The Morgan fingerprint density at radius 1 is 1.16 bits per heavy atom. The van der Waals surface area contributed by atoms with Crippen molar-refractivity contribution in [2.45, 2.75) is 39.0 Å². The molecule has 8 heteroatoms. The van der Waals surface area contributed by atoms with Gasteiger partial charge in [0.1, 0.15) is 5.60 Å². The first-order chi connectivity index (χ1) is 8.41. The number of carbonyl (C=O) groups excluding carboxylic acids is 2. The van der Waals surface area contributed by atoms with Gasteiger partial charge in [0.2, 0.25) is 0 Å². The molecule has 0 aliphatic rings. The van der Waals surface area contributed by atoms with Gasteiger partial charge in [-0.15, -0.1) is 0 Å². The van der Waals surface area contributed by atoms with Crippen LogP contribution in [0.15, 0.2) is 0 Å². The summed E-state index contributed by atoms with van der Waals surface area (Å²) in [6.07, 6.45) is -5.53. The minimum absolute atomic E-state index is 0.0778. The van der Waals surface area contributed by atoms with Crippen molar-refractivity contribution in [3.8, 4) is 0 Å². The van der Waals surface area contributed by atoms with E-state index >= 15 is 0 Å². The molecule has 0 radical (unpaired) electrons. The lowest BCUT2D eigenvalue weighted by molar-refractivity contribution is -0.186. The molecule has 112 valence electrons. The average Bonchev–Trinajstić information content (AvgIpc) is 2.19. The van der Waals surface area contributed by atoms with Crippen molar-refractivity contribution >= 4 is 12.1 Å². The second kappa shape index (κ2) is 6.63. The number of esters is 1. The molecule has 0 aliphatic carbocycles. The molecule has 0 N–H and O–H groups in total. The predicted octanol–water partition coefficient (Wildman–Crippen LogP) is 2.35. The molecule has 0 saturated carbocycles. The van der Waals surface area contributed by atoms with Crippen LogP contribution in [0.25, 0.3) is 0 Å². The van der Waals surface area contributed by atoms with Crippen LogP contribution >= 0.6 is 0 Å². The Labute approximate surface area is 109 Å². The molecule has 0 unspecified atom stereocenters. The molecule has 0 aromatic heterocycles. The quantitative estimate of drug-likeness (QED) is 0.744. The van der Waals surface area contributed by atoms with Gasteiger partial charge in [-0.2, -0.15) is 13.2 Å². The molecule has 0 spiro atoms. The molecule has 5 nitrogen and oxygen atoms in total. The number of halogens is 3. The second-order valence-electron chi connectivity index (χ2n) is 4.93. The van der Waals surface area contributed by atoms with Gasteiger partial charge in [0.15, 0.2) is 6.61 Å². The fraction of sp³-hybridized carbons (Fsp3) is 0.818. The lowest BCUT2D eigenvalue weighted by Crippen LogP contribution is -2.35. The van der Waals surface area contributed by atoms with Crippen LogP contribution in [0.3, 0.4) is 0 Å². The van der Waals surface area contributed by atoms with Crippen molar-refractivity contribution in [2.75, 3.05) is 20.2 Å². The number of nitrogens with zero attached hydrogens (tertiary/aromatic N) is 1. The number of alkyl halides is 3. The van der Waals surface area contributed by atoms with E-state index in [-0.39, 0.29) is 13.0 Å². The zero-order valence-corrected chi connectivity index (χ0v) is 11.3. The summed E-state index contributed by atoms with van der Waals surface area (Å²) in [6.45, 7) is 3.33. The lowest BCUT2D eigenvalue weighted by Gasteiger charge is -2.24. The number of hydrogen-bond acceptors (Lipinski definition) is 4. The van der Waals surface area contributed by atoms with Crippen molar-refractivity contribution in [1.29, 1.82) is 0 Å². The highest BCUT2D eigenvalue weighted by Gasteiger charge is 2.29. The van der Waals surface area contributed by atoms with Crippen LogP contribution in [0.1, 0.15) is 27.2 Å². The van der Waals surface area contributed by atoms with Gasteiger partial charge in [-0.1, -0.05) is 0 Å². The molecule has 0 rings (SSSR count). The van der Waals surface area contributed by atoms with E-state index in [0.29, 0.717) is 0 Å². The Hall–Kier alpha value is -1.47. The van der Waals surface area contributed by atoms with E-state index < -0.39 is 30.4 Å². The molecule has 0 heterocycles. The van der Waals surface area contributed by atoms with Crippen molar-refractivity contribution < 1.29 is 32.2 Å². The molecule has 1 amide bonds. The van der Waals surface area contributed by atoms with E-state index in [1.54, 1.807) is 20.8 Å². The van der Waals surface area contributed by atoms with Gasteiger partial charge in [0, 0.05) is 13.6 Å². The maximum Gasteiger partial charge on any atom is 0.422 e. The van der Waals surface area contributed by atoms with Gasteiger partial charge in [-0.3, -0.25) is 4.79 Å². The minimum atomic E-state index is -4.55. The summed E-state index contributed by atoms with van der Waals surface area (Å²) in [5.41, 5.74) is -0.678. The van der Waals surface area contributed by atoms with Gasteiger partial charge < -0.3 is 14.4 Å². The molecular formula is C11H18F3NO4. The first-order valence-electron chi connectivity index (χ1n) is 5.57. The summed E-state index contributed by atoms with van der Waals surface area (Å²) in [7, 11) is 1.38. The summed E-state index contributed by atoms with van der Waals surface area (Å²) in [5.74, 6) is -1.02. The first kappa shape index (κ1) is 17.5. The van der Waals surface area contributed by atoms with Gasteiger partial charge >= 0.3 is 18.2 Å². The van der Waals surface area contributed by atoms with E-state index in [1.807, 2.05) is 0 Å². The predicted molar refractivity (Wildman–Crippen MR) is 60.5 cm³/mol. The molecule has 0 saturated heterocycles. The van der Waals surface area contributed by atoms with Crippen LogP contribution in [0.5, 0.6) is 0 Å². The van der Waals surface area contributed by atoms with Gasteiger partial charge in [0.05, 0.1) is 6.42 Å². The monoisotopic (exact) mass is 285 g/mol. The first-order valence-corrected chi connectivity index (χ1v) is 5.57. The van der Waals surface area contributed by atoms with Crippen molar-refractivity contribution in [2.24, 2.45) is 0 Å². The Bertz CT molecular complexity index is 323. The molecule has 19 heavy (non-hydrogen) atoms. The van der Waals surface area contributed by atoms with Crippen molar-refractivity contribution in [1.82, 2.24) is 4.90 Å². The standard InChI is InChI=1S/C11H18F3NO4/c1-10(2,3)19-9(17)15(4)6-5-8(16)18-7-11(12,13)14/h5-7H2,1-4H3. The molecule has 0 aliphatic heterocycles. The average molecular weight is 285 g/mol. The zero-order chi connectivity index (χ0) is 15.3. The third-order valence-corrected chi connectivity index (χ3v) is 1.75. The molecule has 0 bridgehead atoms. The third kappa shape index (κ3) is 10.2. The molecule has 0 aromatic carbocycles. The summed E-state index contributed by atoms with van der Waals surface area (Å²) >= 11 is 0.